The van der Waals surface area contributed by atoms with E-state index in [2.05, 4.69) is 26.0 Å². The number of hydrazone groups is 1. The van der Waals surface area contributed by atoms with Gasteiger partial charge in [0, 0.05) is 19.0 Å². The highest BCUT2D eigenvalue weighted by atomic mass is 16.4. The maximum absolute atomic E-state index is 11.9. The Morgan fingerprint density at radius 3 is 2.70 bits per heavy atom. The lowest BCUT2D eigenvalue weighted by atomic mass is 9.95. The lowest BCUT2D eigenvalue weighted by Gasteiger charge is -2.18. The van der Waals surface area contributed by atoms with E-state index in [-0.39, 0.29) is 11.8 Å². The molecule has 9 heteroatoms. The number of aromatic nitrogens is 2. The molecule has 23 heavy (non-hydrogen) atoms. The van der Waals surface area contributed by atoms with Crippen molar-refractivity contribution in [2.75, 3.05) is 5.32 Å². The van der Waals surface area contributed by atoms with E-state index in [1.54, 1.807) is 31.2 Å². The number of aryl methyl sites for hydroxylation is 1. The summed E-state index contributed by atoms with van der Waals surface area (Å²) in [7, 11) is 0. The molecule has 3 rings (SSSR count). The first-order valence-corrected chi connectivity index (χ1v) is 6.80. The summed E-state index contributed by atoms with van der Waals surface area (Å²) in [4.78, 5) is 22.5. The van der Waals surface area contributed by atoms with Crippen LogP contribution in [0.3, 0.4) is 0 Å². The summed E-state index contributed by atoms with van der Waals surface area (Å²) in [5, 5.41) is 22.6. The zero-order valence-corrected chi connectivity index (χ0v) is 12.1. The first-order chi connectivity index (χ1) is 11.0. The summed E-state index contributed by atoms with van der Waals surface area (Å²) in [5.41, 5.74) is 4.31. The molecule has 118 valence electrons. The van der Waals surface area contributed by atoms with Crippen molar-refractivity contribution in [3.8, 4) is 0 Å². The lowest BCUT2D eigenvalue weighted by molar-refractivity contribution is -0.123. The molecule has 1 aliphatic rings. The van der Waals surface area contributed by atoms with Gasteiger partial charge in [0.2, 0.25) is 11.8 Å². The fraction of sp³-hybridized carbons (Fsp3) is 0.214. The number of benzene rings is 1. The Morgan fingerprint density at radius 2 is 2.09 bits per heavy atom. The van der Waals surface area contributed by atoms with Crippen LogP contribution in [0.1, 0.15) is 29.7 Å². The van der Waals surface area contributed by atoms with Crippen molar-refractivity contribution < 1.29 is 19.1 Å². The Morgan fingerprint density at radius 1 is 1.35 bits per heavy atom. The third-order valence-corrected chi connectivity index (χ3v) is 3.32. The Bertz CT molecular complexity index is 781. The van der Waals surface area contributed by atoms with Gasteiger partial charge in [-0.15, -0.1) is 10.2 Å². The fourth-order valence-electron chi connectivity index (χ4n) is 2.24. The number of hydrogen-bond acceptors (Lipinski definition) is 6. The van der Waals surface area contributed by atoms with E-state index >= 15 is 0 Å². The highest BCUT2D eigenvalue weighted by Crippen LogP contribution is 2.25. The van der Waals surface area contributed by atoms with Gasteiger partial charge in [0.15, 0.2) is 0 Å². The van der Waals surface area contributed by atoms with Crippen LogP contribution < -0.4 is 10.7 Å². The number of carbonyl (C=O) groups excluding carboxylic acids is 1. The van der Waals surface area contributed by atoms with Gasteiger partial charge in [-0.1, -0.05) is 12.1 Å². The Labute approximate surface area is 130 Å². The molecule has 0 saturated heterocycles. The average molecular weight is 315 g/mol. The zero-order chi connectivity index (χ0) is 16.4. The molecule has 0 radical (unpaired) electrons. The van der Waals surface area contributed by atoms with Gasteiger partial charge in [-0.25, -0.2) is 10.2 Å². The van der Waals surface area contributed by atoms with Crippen molar-refractivity contribution >= 4 is 23.4 Å². The molecular weight excluding hydrogens is 302 g/mol. The Hall–Kier alpha value is -3.23. The van der Waals surface area contributed by atoms with E-state index in [0.29, 0.717) is 23.7 Å². The van der Waals surface area contributed by atoms with Crippen LogP contribution in [0.5, 0.6) is 0 Å². The first-order valence-electron chi connectivity index (χ1n) is 6.80. The molecular formula is C14H13N5O4. The van der Waals surface area contributed by atoms with Gasteiger partial charge >= 0.3 is 6.09 Å². The largest absolute Gasteiger partial charge is 0.465 e. The molecule has 1 aromatic heterocycles. The van der Waals surface area contributed by atoms with Gasteiger partial charge in [0.05, 0.1) is 5.71 Å². The summed E-state index contributed by atoms with van der Waals surface area (Å²) in [5.74, 6) is -0.264. The monoisotopic (exact) mass is 315 g/mol. The van der Waals surface area contributed by atoms with Crippen LogP contribution in [0, 0.1) is 6.92 Å². The summed E-state index contributed by atoms with van der Waals surface area (Å²) in [6.07, 6.45) is -0.814. The van der Waals surface area contributed by atoms with E-state index in [4.69, 9.17) is 9.52 Å². The van der Waals surface area contributed by atoms with Crippen molar-refractivity contribution in [2.45, 2.75) is 19.3 Å². The zero-order valence-electron chi connectivity index (χ0n) is 12.1. The molecule has 1 unspecified atom stereocenters. The molecule has 0 fully saturated rings. The SMILES string of the molecule is Cc1nnc(C2CC(c3ccc(NC(=O)O)cc3)=NNC2=O)o1. The van der Waals surface area contributed by atoms with Crippen molar-refractivity contribution in [2.24, 2.45) is 5.10 Å². The molecule has 0 aliphatic carbocycles. The summed E-state index contributed by atoms with van der Waals surface area (Å²) in [6.45, 7) is 1.65. The number of hydrogen-bond donors (Lipinski definition) is 3. The molecule has 2 amide bonds. The van der Waals surface area contributed by atoms with Crippen molar-refractivity contribution in [1.29, 1.82) is 0 Å². The number of anilines is 1. The van der Waals surface area contributed by atoms with E-state index in [9.17, 15) is 9.59 Å². The van der Waals surface area contributed by atoms with Crippen LogP contribution in [0.4, 0.5) is 10.5 Å². The lowest BCUT2D eigenvalue weighted by Crippen LogP contribution is -2.33. The standard InChI is InChI=1S/C14H13N5O4/c1-7-16-19-13(23-7)10-6-11(17-18-12(10)20)8-2-4-9(5-3-8)15-14(21)22/h2-5,10,15H,6H2,1H3,(H,18,20)(H,21,22). The molecule has 2 aromatic rings. The van der Waals surface area contributed by atoms with E-state index in [1.165, 1.54) is 0 Å². The fourth-order valence-corrected chi connectivity index (χ4v) is 2.24. The maximum atomic E-state index is 11.9. The number of carbonyl (C=O) groups is 2. The van der Waals surface area contributed by atoms with Gasteiger partial charge in [-0.2, -0.15) is 5.10 Å². The van der Waals surface area contributed by atoms with Crippen LogP contribution in [0.15, 0.2) is 33.8 Å². The highest BCUT2D eigenvalue weighted by Gasteiger charge is 2.31. The Balaban J connectivity index is 1.80. The van der Waals surface area contributed by atoms with Crippen LogP contribution in [-0.4, -0.2) is 33.0 Å². The maximum Gasteiger partial charge on any atom is 0.409 e. The third-order valence-electron chi connectivity index (χ3n) is 3.32. The number of amides is 2. The molecule has 0 spiro atoms. The second kappa shape index (κ2) is 5.87. The minimum Gasteiger partial charge on any atom is -0.465 e. The normalized spacial score (nSPS) is 17.3. The highest BCUT2D eigenvalue weighted by molar-refractivity contribution is 6.06. The van der Waals surface area contributed by atoms with Crippen molar-refractivity contribution in [3.63, 3.8) is 0 Å². The van der Waals surface area contributed by atoms with Crippen LogP contribution in [-0.2, 0) is 4.79 Å². The van der Waals surface area contributed by atoms with Crippen molar-refractivity contribution in [3.05, 3.63) is 41.6 Å². The average Bonchev–Trinajstić information content (AvgIpc) is 2.94. The first kappa shape index (κ1) is 14.7. The van der Waals surface area contributed by atoms with E-state index in [1.807, 2.05) is 0 Å². The van der Waals surface area contributed by atoms with Gasteiger partial charge in [-0.05, 0) is 17.7 Å². The smallest absolute Gasteiger partial charge is 0.409 e. The second-order valence-corrected chi connectivity index (χ2v) is 4.96. The summed E-state index contributed by atoms with van der Waals surface area (Å²) < 4.78 is 5.33. The molecule has 1 atom stereocenters. The molecule has 0 bridgehead atoms. The summed E-state index contributed by atoms with van der Waals surface area (Å²) in [6, 6.07) is 6.68. The molecule has 9 nitrogen and oxygen atoms in total. The Kier molecular flexibility index (Phi) is 3.75. The molecule has 3 N–H and O–H groups in total. The molecule has 2 heterocycles. The molecule has 1 aliphatic heterocycles. The van der Waals surface area contributed by atoms with Crippen LogP contribution in [0.2, 0.25) is 0 Å². The van der Waals surface area contributed by atoms with Crippen LogP contribution >= 0.6 is 0 Å². The second-order valence-electron chi connectivity index (χ2n) is 4.96. The number of rotatable bonds is 3. The van der Waals surface area contributed by atoms with Gasteiger partial charge < -0.3 is 9.52 Å². The quantitative estimate of drug-likeness (QED) is 0.786. The number of nitrogens with zero attached hydrogens (tertiary/aromatic N) is 3. The predicted molar refractivity (Wildman–Crippen MR) is 79.2 cm³/mol. The van der Waals surface area contributed by atoms with Crippen LogP contribution in [0.25, 0.3) is 0 Å². The van der Waals surface area contributed by atoms with Gasteiger partial charge in [0.1, 0.15) is 5.92 Å². The molecule has 0 saturated carbocycles. The third kappa shape index (κ3) is 3.18. The molecule has 1 aromatic carbocycles. The van der Waals surface area contributed by atoms with E-state index in [0.717, 1.165) is 5.56 Å². The minimum atomic E-state index is -1.13. The van der Waals surface area contributed by atoms with E-state index < -0.39 is 12.0 Å². The number of carboxylic acid groups (broad SMARTS) is 1. The van der Waals surface area contributed by atoms with Gasteiger partial charge in [0.25, 0.3) is 5.91 Å². The van der Waals surface area contributed by atoms with Crippen molar-refractivity contribution in [1.82, 2.24) is 15.6 Å². The van der Waals surface area contributed by atoms with Gasteiger partial charge in [-0.3, -0.25) is 10.1 Å². The summed E-state index contributed by atoms with van der Waals surface area (Å²) >= 11 is 0. The number of nitrogens with one attached hydrogen (secondary N) is 2. The minimum absolute atomic E-state index is 0.247. The topological polar surface area (TPSA) is 130 Å². The predicted octanol–water partition coefficient (Wildman–Crippen LogP) is 1.48.